The quantitative estimate of drug-likeness (QED) is 0.0979. The largest absolute Gasteiger partial charge is 0.481 e. The normalized spacial score (nSPS) is 17.3. The van der Waals surface area contributed by atoms with E-state index in [4.69, 9.17) is 9.47 Å². The molecule has 0 bridgehead atoms. The highest BCUT2D eigenvalue weighted by molar-refractivity contribution is 6.00. The van der Waals surface area contributed by atoms with Crippen molar-refractivity contribution in [1.29, 1.82) is 0 Å². The Morgan fingerprint density at radius 2 is 0.735 bits per heavy atom. The number of carbonyl (C=O) groups is 4. The molecule has 1 saturated carbocycles. The minimum Gasteiger partial charge on any atom is -0.481 e. The molecule has 68 heavy (non-hydrogen) atoms. The summed E-state index contributed by atoms with van der Waals surface area (Å²) in [5.41, 5.74) is 3.04. The van der Waals surface area contributed by atoms with E-state index in [-0.39, 0.29) is 13.1 Å². The monoisotopic (exact) mass is 902 g/mol. The topological polar surface area (TPSA) is 134 Å². The predicted molar refractivity (Wildman–Crippen MR) is 261 cm³/mol. The molecule has 9 rings (SSSR count). The Balaban J connectivity index is 1.06. The number of aliphatic carboxylic acids is 2. The summed E-state index contributed by atoms with van der Waals surface area (Å²) >= 11 is 0. The minimum absolute atomic E-state index is 0.0247. The highest BCUT2D eigenvalue weighted by Crippen LogP contribution is 2.51. The second-order valence-corrected chi connectivity index (χ2v) is 17.3. The number of amides is 2. The van der Waals surface area contributed by atoms with Gasteiger partial charge in [-0.2, -0.15) is 0 Å². The molecule has 2 atom stereocenters. The average molecular weight is 903 g/mol. The number of carboxylic acid groups (broad SMARTS) is 2. The lowest BCUT2D eigenvalue weighted by atomic mass is 9.55. The van der Waals surface area contributed by atoms with E-state index in [9.17, 15) is 19.8 Å². The molecule has 10 heteroatoms. The maximum absolute atomic E-state index is 15.4. The Morgan fingerprint density at radius 1 is 0.412 bits per heavy atom. The van der Waals surface area contributed by atoms with Gasteiger partial charge in [0.1, 0.15) is 23.0 Å². The van der Waals surface area contributed by atoms with Gasteiger partial charge in [0.2, 0.25) is 11.8 Å². The van der Waals surface area contributed by atoms with Crippen molar-refractivity contribution in [3.05, 3.63) is 216 Å². The van der Waals surface area contributed by atoms with Crippen LogP contribution >= 0.6 is 0 Å². The van der Waals surface area contributed by atoms with Gasteiger partial charge in [-0.3, -0.25) is 19.2 Å². The smallest absolute Gasteiger partial charge is 0.308 e. The van der Waals surface area contributed by atoms with Gasteiger partial charge in [-0.25, -0.2) is 0 Å². The first-order valence-corrected chi connectivity index (χ1v) is 22.7. The second kappa shape index (κ2) is 19.7. The van der Waals surface area contributed by atoms with Crippen molar-refractivity contribution in [2.45, 2.75) is 39.0 Å². The predicted octanol–water partition coefficient (Wildman–Crippen LogP) is 12.1. The molecule has 1 fully saturated rings. The van der Waals surface area contributed by atoms with Crippen LogP contribution in [0, 0.1) is 23.7 Å². The molecule has 1 aliphatic rings. The molecule has 0 spiro atoms. The number of carboxylic acids is 2. The summed E-state index contributed by atoms with van der Waals surface area (Å²) in [5.74, 6) is -8.07. The minimum atomic E-state index is -1.64. The van der Waals surface area contributed by atoms with Crippen molar-refractivity contribution in [2.24, 2.45) is 23.7 Å². The standard InChI is InChI=1S/C58H50N2O8/c1-37(47-25-13-17-41-15-9-11-23-49(41)47)59(35-39-27-31-45(32-28-39)67-43-19-5-3-6-20-43)55(61)51-53(57(63)64)52(54(51)58(65)66)56(62)60(38(2)48-26-14-18-42-16-10-12-24-50(42)48)36-40-29-33-46(34-30-40)68-44-21-7-4-8-22-44/h3-34,37-38,51-54H,35-36H2,1-2H3,(H,63,64)(H,65,66). The van der Waals surface area contributed by atoms with E-state index >= 15 is 9.59 Å². The number of hydrogen-bond donors (Lipinski definition) is 2. The number of fused-ring (bicyclic) bond motifs is 2. The molecule has 2 amide bonds. The first kappa shape index (κ1) is 44.9. The van der Waals surface area contributed by atoms with E-state index in [1.807, 2.05) is 184 Å². The van der Waals surface area contributed by atoms with Gasteiger partial charge in [0.25, 0.3) is 0 Å². The van der Waals surface area contributed by atoms with E-state index in [0.717, 1.165) is 32.7 Å². The molecule has 8 aromatic carbocycles. The van der Waals surface area contributed by atoms with E-state index in [2.05, 4.69) is 0 Å². The molecular formula is C58H50N2O8. The van der Waals surface area contributed by atoms with Crippen molar-refractivity contribution in [2.75, 3.05) is 0 Å². The van der Waals surface area contributed by atoms with Crippen LogP contribution in [0.1, 0.15) is 48.2 Å². The van der Waals surface area contributed by atoms with Crippen LogP contribution < -0.4 is 9.47 Å². The summed E-state index contributed by atoms with van der Waals surface area (Å²) in [6.07, 6.45) is 0. The van der Waals surface area contributed by atoms with Gasteiger partial charge in [-0.15, -0.1) is 0 Å². The van der Waals surface area contributed by atoms with Crippen LogP contribution in [0.3, 0.4) is 0 Å². The van der Waals surface area contributed by atoms with Gasteiger partial charge in [0, 0.05) is 13.1 Å². The van der Waals surface area contributed by atoms with Gasteiger partial charge >= 0.3 is 11.9 Å². The van der Waals surface area contributed by atoms with Gasteiger partial charge in [0.05, 0.1) is 35.8 Å². The summed E-state index contributed by atoms with van der Waals surface area (Å²) in [6.45, 7) is 3.78. The maximum atomic E-state index is 15.4. The summed E-state index contributed by atoms with van der Waals surface area (Å²) in [7, 11) is 0. The third kappa shape index (κ3) is 9.26. The molecule has 0 aromatic heterocycles. The Kier molecular flexibility index (Phi) is 13.0. The second-order valence-electron chi connectivity index (χ2n) is 17.3. The Labute approximate surface area is 394 Å². The van der Waals surface area contributed by atoms with Crippen molar-refractivity contribution in [1.82, 2.24) is 9.80 Å². The highest BCUT2D eigenvalue weighted by atomic mass is 16.5. The number of rotatable bonds is 16. The van der Waals surface area contributed by atoms with Crippen molar-refractivity contribution < 1.29 is 38.9 Å². The van der Waals surface area contributed by atoms with Crippen LogP contribution in [0.4, 0.5) is 0 Å². The van der Waals surface area contributed by atoms with Gasteiger partial charge in [-0.1, -0.05) is 146 Å². The number of para-hydroxylation sites is 2. The average Bonchev–Trinajstić information content (AvgIpc) is 3.35. The molecule has 0 heterocycles. The lowest BCUT2D eigenvalue weighted by Gasteiger charge is -2.49. The van der Waals surface area contributed by atoms with Crippen LogP contribution in [0.2, 0.25) is 0 Å². The summed E-state index contributed by atoms with van der Waals surface area (Å²) < 4.78 is 12.1. The Bertz CT molecular complexity index is 2860. The van der Waals surface area contributed by atoms with Crippen molar-refractivity contribution >= 4 is 45.3 Å². The molecule has 8 aromatic rings. The van der Waals surface area contributed by atoms with E-state index in [1.165, 1.54) is 0 Å². The number of nitrogens with zero attached hydrogens (tertiary/aromatic N) is 2. The molecule has 0 radical (unpaired) electrons. The molecular weight excluding hydrogens is 853 g/mol. The first-order valence-electron chi connectivity index (χ1n) is 22.7. The fourth-order valence-electron chi connectivity index (χ4n) is 9.70. The molecule has 2 N–H and O–H groups in total. The van der Waals surface area contributed by atoms with Crippen LogP contribution in [-0.2, 0) is 32.3 Å². The van der Waals surface area contributed by atoms with Gasteiger partial charge in [-0.05, 0) is 106 Å². The Morgan fingerprint density at radius 3 is 1.10 bits per heavy atom. The molecule has 340 valence electrons. The molecule has 2 unspecified atom stereocenters. The molecule has 10 nitrogen and oxygen atoms in total. The van der Waals surface area contributed by atoms with E-state index in [0.29, 0.717) is 34.1 Å². The Hall–Kier alpha value is -8.24. The van der Waals surface area contributed by atoms with Crippen molar-refractivity contribution in [3.63, 3.8) is 0 Å². The van der Waals surface area contributed by atoms with E-state index < -0.39 is 59.5 Å². The van der Waals surface area contributed by atoms with Crippen LogP contribution in [0.25, 0.3) is 21.5 Å². The lowest BCUT2D eigenvalue weighted by Crippen LogP contribution is -2.64. The summed E-state index contributed by atoms with van der Waals surface area (Å²) in [5, 5.41) is 25.8. The van der Waals surface area contributed by atoms with Crippen LogP contribution in [0.15, 0.2) is 194 Å². The van der Waals surface area contributed by atoms with Gasteiger partial charge in [0.15, 0.2) is 0 Å². The van der Waals surface area contributed by atoms with Crippen molar-refractivity contribution in [3.8, 4) is 23.0 Å². The SMILES string of the molecule is CC(c1cccc2ccccc12)N(Cc1ccc(Oc2ccccc2)cc1)C(=O)C1C(C(=O)O)C(C(=O)N(Cc2ccc(Oc3ccccc3)cc2)C(C)c2cccc3ccccc23)C1C(=O)O. The fourth-order valence-corrected chi connectivity index (χ4v) is 9.70. The number of carbonyl (C=O) groups excluding carboxylic acids is 2. The first-order chi connectivity index (χ1) is 33.0. The summed E-state index contributed by atoms with van der Waals surface area (Å²) in [6, 6.07) is 59.1. The number of ether oxygens (including phenoxy) is 2. The maximum Gasteiger partial charge on any atom is 0.308 e. The summed E-state index contributed by atoms with van der Waals surface area (Å²) in [4.78, 5) is 61.0. The number of benzene rings is 8. The zero-order chi connectivity index (χ0) is 47.3. The number of hydrogen-bond acceptors (Lipinski definition) is 6. The van der Waals surface area contributed by atoms with Gasteiger partial charge < -0.3 is 29.5 Å². The zero-order valence-electron chi connectivity index (χ0n) is 37.6. The van der Waals surface area contributed by atoms with E-state index in [1.54, 1.807) is 34.1 Å². The van der Waals surface area contributed by atoms with Crippen LogP contribution in [-0.4, -0.2) is 43.8 Å². The third-order valence-corrected chi connectivity index (χ3v) is 13.2. The van der Waals surface area contributed by atoms with Crippen LogP contribution in [0.5, 0.6) is 23.0 Å². The fraction of sp³-hybridized carbons (Fsp3) is 0.172. The molecule has 0 aliphatic heterocycles. The zero-order valence-corrected chi connectivity index (χ0v) is 37.6. The molecule has 1 aliphatic carbocycles. The third-order valence-electron chi connectivity index (χ3n) is 13.2. The molecule has 0 saturated heterocycles. The lowest BCUT2D eigenvalue weighted by molar-refractivity contribution is -0.189. The highest BCUT2D eigenvalue weighted by Gasteiger charge is 2.65.